The summed E-state index contributed by atoms with van der Waals surface area (Å²) in [6, 6.07) is 3.80. The Hall–Kier alpha value is -0.870. The molecule has 4 heteroatoms. The lowest BCUT2D eigenvalue weighted by atomic mass is 9.86. The van der Waals surface area contributed by atoms with E-state index in [-0.39, 0.29) is 24.0 Å². The summed E-state index contributed by atoms with van der Waals surface area (Å²) in [6.07, 6.45) is 3.03. The number of nitrogens with one attached hydrogen (secondary N) is 1. The van der Waals surface area contributed by atoms with Crippen LogP contribution < -0.4 is 5.32 Å². The van der Waals surface area contributed by atoms with E-state index in [1.165, 1.54) is 11.3 Å². The van der Waals surface area contributed by atoms with E-state index in [2.05, 4.69) is 5.32 Å². The lowest BCUT2D eigenvalue weighted by Crippen LogP contribution is -2.44. The molecule has 1 aliphatic rings. The zero-order valence-corrected chi connectivity index (χ0v) is 10.2. The molecule has 0 aliphatic heterocycles. The van der Waals surface area contributed by atoms with Crippen molar-refractivity contribution in [3.8, 4) is 0 Å². The van der Waals surface area contributed by atoms with Gasteiger partial charge in [0.25, 0.3) is 5.91 Å². The Labute approximate surface area is 99.5 Å². The molecular formula is C12H17NO2S. The van der Waals surface area contributed by atoms with E-state index >= 15 is 0 Å². The SMILES string of the molecule is CC1(CO)CCCC1NC(=O)c1cccs1. The van der Waals surface area contributed by atoms with E-state index in [9.17, 15) is 9.90 Å². The number of hydrogen-bond donors (Lipinski definition) is 2. The molecule has 2 rings (SSSR count). The van der Waals surface area contributed by atoms with E-state index in [4.69, 9.17) is 0 Å². The molecular weight excluding hydrogens is 222 g/mol. The van der Waals surface area contributed by atoms with Gasteiger partial charge in [0.05, 0.1) is 11.5 Å². The van der Waals surface area contributed by atoms with Crippen molar-refractivity contribution in [2.45, 2.75) is 32.2 Å². The molecule has 0 aromatic carbocycles. The van der Waals surface area contributed by atoms with Gasteiger partial charge in [-0.2, -0.15) is 0 Å². The van der Waals surface area contributed by atoms with Crippen LogP contribution in [0.25, 0.3) is 0 Å². The third-order valence-corrected chi connectivity index (χ3v) is 4.36. The molecule has 1 aliphatic carbocycles. The van der Waals surface area contributed by atoms with Crippen molar-refractivity contribution >= 4 is 17.2 Å². The number of thiophene rings is 1. The fourth-order valence-electron chi connectivity index (χ4n) is 2.31. The average molecular weight is 239 g/mol. The lowest BCUT2D eigenvalue weighted by Gasteiger charge is -2.29. The second-order valence-electron chi connectivity index (χ2n) is 4.71. The fraction of sp³-hybridized carbons (Fsp3) is 0.583. The fourth-order valence-corrected chi connectivity index (χ4v) is 2.93. The topological polar surface area (TPSA) is 49.3 Å². The van der Waals surface area contributed by atoms with E-state index in [0.29, 0.717) is 0 Å². The molecule has 2 N–H and O–H groups in total. The second kappa shape index (κ2) is 4.55. The number of aliphatic hydroxyl groups is 1. The summed E-state index contributed by atoms with van der Waals surface area (Å²) in [6.45, 7) is 2.18. The van der Waals surface area contributed by atoms with Gasteiger partial charge >= 0.3 is 0 Å². The van der Waals surface area contributed by atoms with Crippen LogP contribution in [0.15, 0.2) is 17.5 Å². The summed E-state index contributed by atoms with van der Waals surface area (Å²) < 4.78 is 0. The highest BCUT2D eigenvalue weighted by atomic mass is 32.1. The number of aliphatic hydroxyl groups excluding tert-OH is 1. The smallest absolute Gasteiger partial charge is 0.261 e. The van der Waals surface area contributed by atoms with Gasteiger partial charge in [0.2, 0.25) is 0 Å². The number of carbonyl (C=O) groups is 1. The molecule has 1 heterocycles. The Balaban J connectivity index is 2.02. The quantitative estimate of drug-likeness (QED) is 0.848. The van der Waals surface area contributed by atoms with Crippen LogP contribution in [0.2, 0.25) is 0 Å². The first-order valence-electron chi connectivity index (χ1n) is 5.61. The zero-order valence-electron chi connectivity index (χ0n) is 9.40. The molecule has 1 saturated carbocycles. The van der Waals surface area contributed by atoms with Crippen LogP contribution in [0, 0.1) is 5.41 Å². The molecule has 88 valence electrons. The van der Waals surface area contributed by atoms with Crippen LogP contribution in [0.1, 0.15) is 35.9 Å². The van der Waals surface area contributed by atoms with E-state index in [1.54, 1.807) is 0 Å². The highest BCUT2D eigenvalue weighted by Gasteiger charge is 2.39. The van der Waals surface area contributed by atoms with Gasteiger partial charge in [-0.25, -0.2) is 0 Å². The summed E-state index contributed by atoms with van der Waals surface area (Å²) in [7, 11) is 0. The van der Waals surface area contributed by atoms with Crippen LogP contribution in [-0.2, 0) is 0 Å². The third-order valence-electron chi connectivity index (χ3n) is 3.49. The summed E-state index contributed by atoms with van der Waals surface area (Å²) in [5.41, 5.74) is -0.146. The van der Waals surface area contributed by atoms with Crippen molar-refractivity contribution in [3.63, 3.8) is 0 Å². The molecule has 0 radical (unpaired) electrons. The van der Waals surface area contributed by atoms with E-state index in [1.807, 2.05) is 24.4 Å². The Morgan fingerprint density at radius 3 is 3.19 bits per heavy atom. The molecule has 1 fully saturated rings. The highest BCUT2D eigenvalue weighted by molar-refractivity contribution is 7.12. The lowest BCUT2D eigenvalue weighted by molar-refractivity contribution is 0.0834. The van der Waals surface area contributed by atoms with Gasteiger partial charge in [-0.1, -0.05) is 19.4 Å². The maximum Gasteiger partial charge on any atom is 0.261 e. The van der Waals surface area contributed by atoms with Crippen LogP contribution >= 0.6 is 11.3 Å². The molecule has 0 spiro atoms. The summed E-state index contributed by atoms with van der Waals surface area (Å²) in [4.78, 5) is 12.6. The van der Waals surface area contributed by atoms with Gasteiger partial charge in [-0.05, 0) is 24.3 Å². The molecule has 3 nitrogen and oxygen atoms in total. The minimum atomic E-state index is -0.146. The summed E-state index contributed by atoms with van der Waals surface area (Å²) in [5.74, 6) is -0.0124. The summed E-state index contributed by atoms with van der Waals surface area (Å²) >= 11 is 1.45. The Morgan fingerprint density at radius 2 is 2.56 bits per heavy atom. The van der Waals surface area contributed by atoms with Crippen LogP contribution in [0.4, 0.5) is 0 Å². The van der Waals surface area contributed by atoms with Crippen LogP contribution in [0.3, 0.4) is 0 Å². The van der Waals surface area contributed by atoms with Gasteiger partial charge < -0.3 is 10.4 Å². The predicted molar refractivity (Wildman–Crippen MR) is 64.6 cm³/mol. The molecule has 1 aromatic heterocycles. The van der Waals surface area contributed by atoms with Crippen molar-refractivity contribution in [3.05, 3.63) is 22.4 Å². The first-order valence-corrected chi connectivity index (χ1v) is 6.49. The second-order valence-corrected chi connectivity index (χ2v) is 5.66. The van der Waals surface area contributed by atoms with Crippen LogP contribution in [0.5, 0.6) is 0 Å². The Morgan fingerprint density at radius 1 is 1.75 bits per heavy atom. The number of rotatable bonds is 3. The zero-order chi connectivity index (χ0) is 11.6. The third kappa shape index (κ3) is 2.13. The first kappa shape index (κ1) is 11.6. The van der Waals surface area contributed by atoms with Crippen molar-refractivity contribution in [1.29, 1.82) is 0 Å². The van der Waals surface area contributed by atoms with E-state index < -0.39 is 0 Å². The first-order chi connectivity index (χ1) is 7.65. The number of amides is 1. The van der Waals surface area contributed by atoms with Gasteiger partial charge in [0.1, 0.15) is 0 Å². The average Bonchev–Trinajstić information content (AvgIpc) is 2.89. The van der Waals surface area contributed by atoms with Gasteiger partial charge in [-0.3, -0.25) is 4.79 Å². The molecule has 16 heavy (non-hydrogen) atoms. The Bertz CT molecular complexity index is 363. The minimum absolute atomic E-state index is 0.0124. The van der Waals surface area contributed by atoms with Crippen molar-refractivity contribution < 1.29 is 9.90 Å². The number of hydrogen-bond acceptors (Lipinski definition) is 3. The van der Waals surface area contributed by atoms with Gasteiger partial charge in [0.15, 0.2) is 0 Å². The summed E-state index contributed by atoms with van der Waals surface area (Å²) in [5, 5.41) is 14.3. The predicted octanol–water partition coefficient (Wildman–Crippen LogP) is 2.03. The minimum Gasteiger partial charge on any atom is -0.396 e. The van der Waals surface area contributed by atoms with Crippen LogP contribution in [-0.4, -0.2) is 23.7 Å². The van der Waals surface area contributed by atoms with Crippen molar-refractivity contribution in [1.82, 2.24) is 5.32 Å². The normalized spacial score (nSPS) is 29.2. The molecule has 2 unspecified atom stereocenters. The largest absolute Gasteiger partial charge is 0.396 e. The van der Waals surface area contributed by atoms with Crippen molar-refractivity contribution in [2.24, 2.45) is 5.41 Å². The molecule has 1 aromatic rings. The highest BCUT2D eigenvalue weighted by Crippen LogP contribution is 2.37. The Kier molecular flexibility index (Phi) is 3.30. The maximum absolute atomic E-state index is 11.9. The van der Waals surface area contributed by atoms with Gasteiger partial charge in [0, 0.05) is 11.5 Å². The molecule has 0 bridgehead atoms. The molecule has 1 amide bonds. The van der Waals surface area contributed by atoms with Crippen molar-refractivity contribution in [2.75, 3.05) is 6.61 Å². The molecule has 0 saturated heterocycles. The molecule has 2 atom stereocenters. The van der Waals surface area contributed by atoms with Gasteiger partial charge in [-0.15, -0.1) is 11.3 Å². The maximum atomic E-state index is 11.9. The van der Waals surface area contributed by atoms with E-state index in [0.717, 1.165) is 24.1 Å². The number of carbonyl (C=O) groups excluding carboxylic acids is 1. The monoisotopic (exact) mass is 239 g/mol. The standard InChI is InChI=1S/C12H17NO2S/c1-12(8-14)6-2-5-10(12)13-11(15)9-4-3-7-16-9/h3-4,7,10,14H,2,5-6,8H2,1H3,(H,13,15).